The maximum absolute atomic E-state index is 8.74. The average molecular weight is 251 g/mol. The Morgan fingerprint density at radius 1 is 1.31 bits per heavy atom. The van der Waals surface area contributed by atoms with Crippen LogP contribution in [0, 0.1) is 0 Å². The monoisotopic (exact) mass is 251 g/mol. The van der Waals surface area contributed by atoms with Crippen LogP contribution < -0.4 is 16.4 Å². The predicted octanol–water partition coefficient (Wildman–Crippen LogP) is -0.946. The highest BCUT2D eigenvalue weighted by atomic mass is 32.3. The smallest absolute Gasteiger partial charge is 0.394 e. The number of nitrogens with zero attached hydrogens (tertiary/aromatic N) is 3. The van der Waals surface area contributed by atoms with E-state index in [1.54, 1.807) is 4.90 Å². The van der Waals surface area contributed by atoms with Crippen molar-refractivity contribution in [3.8, 4) is 0 Å². The number of aromatic nitrogens is 2. The molecule has 0 unspecified atom stereocenters. The summed E-state index contributed by atoms with van der Waals surface area (Å²) in [5.41, 5.74) is 11.5. The molecule has 0 aromatic carbocycles. The van der Waals surface area contributed by atoms with E-state index in [0.717, 1.165) is 0 Å². The van der Waals surface area contributed by atoms with E-state index >= 15 is 0 Å². The molecular formula is C6H13N5O4S. The second kappa shape index (κ2) is 5.44. The van der Waals surface area contributed by atoms with Crippen molar-refractivity contribution in [1.29, 1.82) is 0 Å². The summed E-state index contributed by atoms with van der Waals surface area (Å²) < 4.78 is 31.6. The summed E-state index contributed by atoms with van der Waals surface area (Å²) in [7, 11) is -0.976. The van der Waals surface area contributed by atoms with E-state index in [-0.39, 0.29) is 5.95 Å². The van der Waals surface area contributed by atoms with Crippen molar-refractivity contribution in [1.82, 2.24) is 9.97 Å². The predicted molar refractivity (Wildman–Crippen MR) is 59.4 cm³/mol. The Bertz CT molecular complexity index is 438. The van der Waals surface area contributed by atoms with Gasteiger partial charge < -0.3 is 16.4 Å². The fourth-order valence-corrected chi connectivity index (χ4v) is 0.754. The van der Waals surface area contributed by atoms with Gasteiger partial charge in [-0.15, -0.1) is 0 Å². The maximum atomic E-state index is 8.74. The minimum Gasteiger partial charge on any atom is -0.394 e. The lowest BCUT2D eigenvalue weighted by atomic mass is 10.4. The highest BCUT2D eigenvalue weighted by Gasteiger charge is 2.02. The van der Waals surface area contributed by atoms with Crippen LogP contribution in [0.2, 0.25) is 0 Å². The first kappa shape index (κ1) is 14.3. The van der Waals surface area contributed by atoms with Crippen molar-refractivity contribution >= 4 is 27.9 Å². The standard InChI is InChI=1S/C6H11N5.H2O4S/c1-11(2)5-4(7)3-9-6(8)10-5;1-5(2,3)4/h3H,7H2,1-2H3,(H2,8,9,10);(H2,1,2,3,4). The Hall–Kier alpha value is -1.65. The van der Waals surface area contributed by atoms with E-state index in [1.165, 1.54) is 6.20 Å². The van der Waals surface area contributed by atoms with Crippen LogP contribution in [0.5, 0.6) is 0 Å². The van der Waals surface area contributed by atoms with Gasteiger partial charge in [-0.2, -0.15) is 13.4 Å². The van der Waals surface area contributed by atoms with E-state index in [2.05, 4.69) is 9.97 Å². The van der Waals surface area contributed by atoms with E-state index in [4.69, 9.17) is 29.0 Å². The molecule has 0 radical (unpaired) electrons. The normalized spacial score (nSPS) is 10.2. The third-order valence-electron chi connectivity index (χ3n) is 1.24. The number of hydrogen-bond acceptors (Lipinski definition) is 7. The largest absolute Gasteiger partial charge is 0.394 e. The van der Waals surface area contributed by atoms with Gasteiger partial charge in [0.1, 0.15) is 0 Å². The summed E-state index contributed by atoms with van der Waals surface area (Å²) in [6.07, 6.45) is 1.50. The van der Waals surface area contributed by atoms with Gasteiger partial charge in [0.2, 0.25) is 5.95 Å². The molecule has 0 saturated heterocycles. The lowest BCUT2D eigenvalue weighted by Crippen LogP contribution is -2.14. The minimum atomic E-state index is -4.67. The first-order valence-electron chi connectivity index (χ1n) is 3.86. The molecule has 10 heteroatoms. The van der Waals surface area contributed by atoms with Gasteiger partial charge in [-0.3, -0.25) is 9.11 Å². The van der Waals surface area contributed by atoms with Crippen LogP contribution in [0.4, 0.5) is 17.5 Å². The molecule has 1 rings (SSSR count). The van der Waals surface area contributed by atoms with Gasteiger partial charge in [-0.05, 0) is 0 Å². The molecule has 6 N–H and O–H groups in total. The van der Waals surface area contributed by atoms with Gasteiger partial charge in [0.15, 0.2) is 5.82 Å². The number of rotatable bonds is 1. The number of nitrogen functional groups attached to an aromatic ring is 2. The SMILES string of the molecule is CN(C)c1nc(N)ncc1N.O=S(=O)(O)O. The summed E-state index contributed by atoms with van der Waals surface area (Å²) in [5.74, 6) is 0.889. The molecule has 0 aliphatic heterocycles. The lowest BCUT2D eigenvalue weighted by Gasteiger charge is -2.12. The quantitative estimate of drug-likeness (QED) is 0.462. The number of hydrogen-bond donors (Lipinski definition) is 4. The zero-order chi connectivity index (χ0) is 12.9. The molecule has 9 nitrogen and oxygen atoms in total. The van der Waals surface area contributed by atoms with Crippen LogP contribution in [0.3, 0.4) is 0 Å². The Kier molecular flexibility index (Phi) is 4.88. The van der Waals surface area contributed by atoms with Crippen molar-refractivity contribution in [3.63, 3.8) is 0 Å². The van der Waals surface area contributed by atoms with Crippen molar-refractivity contribution in [3.05, 3.63) is 6.20 Å². The summed E-state index contributed by atoms with van der Waals surface area (Å²) >= 11 is 0. The topological polar surface area (TPSA) is 156 Å². The Balaban J connectivity index is 0.000000385. The van der Waals surface area contributed by atoms with Crippen LogP contribution in [-0.2, 0) is 10.4 Å². The number of anilines is 3. The zero-order valence-corrected chi connectivity index (χ0v) is 9.51. The fraction of sp³-hybridized carbons (Fsp3) is 0.333. The molecular weight excluding hydrogens is 238 g/mol. The van der Waals surface area contributed by atoms with Crippen molar-refractivity contribution in [2.24, 2.45) is 0 Å². The molecule has 1 heterocycles. The molecule has 1 aromatic heterocycles. The van der Waals surface area contributed by atoms with E-state index < -0.39 is 10.4 Å². The zero-order valence-electron chi connectivity index (χ0n) is 8.69. The molecule has 0 atom stereocenters. The summed E-state index contributed by atoms with van der Waals surface area (Å²) in [6, 6.07) is 0. The Labute approximate surface area is 92.7 Å². The molecule has 0 aliphatic carbocycles. The molecule has 0 amide bonds. The Morgan fingerprint density at radius 2 is 1.75 bits per heavy atom. The van der Waals surface area contributed by atoms with E-state index in [9.17, 15) is 0 Å². The summed E-state index contributed by atoms with van der Waals surface area (Å²) in [5, 5.41) is 0. The molecule has 0 spiro atoms. The molecule has 0 fully saturated rings. The molecule has 1 aromatic rings. The third kappa shape index (κ3) is 6.75. The second-order valence-corrected chi connectivity index (χ2v) is 3.75. The van der Waals surface area contributed by atoms with Crippen LogP contribution in [-0.4, -0.2) is 41.6 Å². The second-order valence-electron chi connectivity index (χ2n) is 2.85. The van der Waals surface area contributed by atoms with Gasteiger partial charge >= 0.3 is 10.4 Å². The van der Waals surface area contributed by atoms with Crippen molar-refractivity contribution in [2.45, 2.75) is 0 Å². The summed E-state index contributed by atoms with van der Waals surface area (Å²) in [4.78, 5) is 9.46. The lowest BCUT2D eigenvalue weighted by molar-refractivity contribution is 0.381. The van der Waals surface area contributed by atoms with Gasteiger partial charge in [0.25, 0.3) is 0 Å². The van der Waals surface area contributed by atoms with Gasteiger partial charge in [0.05, 0.1) is 11.9 Å². The average Bonchev–Trinajstić information content (AvgIpc) is 2.06. The van der Waals surface area contributed by atoms with Gasteiger partial charge in [-0.1, -0.05) is 0 Å². The molecule has 0 aliphatic rings. The molecule has 16 heavy (non-hydrogen) atoms. The highest BCUT2D eigenvalue weighted by Crippen LogP contribution is 2.16. The first-order chi connectivity index (χ1) is 7.11. The van der Waals surface area contributed by atoms with Crippen molar-refractivity contribution in [2.75, 3.05) is 30.5 Å². The Morgan fingerprint density at radius 3 is 2.06 bits per heavy atom. The first-order valence-corrected chi connectivity index (χ1v) is 5.26. The van der Waals surface area contributed by atoms with E-state index in [1.807, 2.05) is 14.1 Å². The van der Waals surface area contributed by atoms with Crippen molar-refractivity contribution < 1.29 is 17.5 Å². The third-order valence-corrected chi connectivity index (χ3v) is 1.24. The highest BCUT2D eigenvalue weighted by molar-refractivity contribution is 7.79. The van der Waals surface area contributed by atoms with E-state index in [0.29, 0.717) is 11.5 Å². The summed E-state index contributed by atoms with van der Waals surface area (Å²) in [6.45, 7) is 0. The van der Waals surface area contributed by atoms with Crippen LogP contribution in [0.25, 0.3) is 0 Å². The molecule has 0 saturated carbocycles. The van der Waals surface area contributed by atoms with Crippen LogP contribution in [0.1, 0.15) is 0 Å². The van der Waals surface area contributed by atoms with Gasteiger partial charge in [-0.25, -0.2) is 4.98 Å². The molecule has 0 bridgehead atoms. The fourth-order valence-electron chi connectivity index (χ4n) is 0.754. The van der Waals surface area contributed by atoms with Gasteiger partial charge in [0, 0.05) is 14.1 Å². The minimum absolute atomic E-state index is 0.239. The van der Waals surface area contributed by atoms with Crippen LogP contribution in [0.15, 0.2) is 6.20 Å². The molecule has 92 valence electrons. The van der Waals surface area contributed by atoms with Crippen LogP contribution >= 0.6 is 0 Å². The number of nitrogens with two attached hydrogens (primary N) is 2. The maximum Gasteiger partial charge on any atom is 0.394 e.